The lowest BCUT2D eigenvalue weighted by atomic mass is 10.0. The molecular formula is C23H30N2O3. The van der Waals surface area contributed by atoms with E-state index in [9.17, 15) is 4.79 Å². The first-order chi connectivity index (χ1) is 13.5. The number of hydrogen-bond donors (Lipinski definition) is 1. The number of nitrogens with zero attached hydrogens (tertiary/aromatic N) is 1. The molecular weight excluding hydrogens is 352 g/mol. The normalized spacial score (nSPS) is 15.8. The summed E-state index contributed by atoms with van der Waals surface area (Å²) in [6, 6.07) is 14.5. The molecule has 1 aliphatic heterocycles. The van der Waals surface area contributed by atoms with E-state index in [1.54, 1.807) is 0 Å². The average molecular weight is 383 g/mol. The third kappa shape index (κ3) is 5.57. The fourth-order valence-electron chi connectivity index (χ4n) is 3.35. The van der Waals surface area contributed by atoms with Gasteiger partial charge in [-0.1, -0.05) is 35.9 Å². The lowest BCUT2D eigenvalue weighted by molar-refractivity contribution is -0.123. The van der Waals surface area contributed by atoms with Crippen molar-refractivity contribution in [2.24, 2.45) is 0 Å². The number of rotatable bonds is 7. The van der Waals surface area contributed by atoms with Crippen molar-refractivity contribution < 1.29 is 14.3 Å². The number of nitrogens with one attached hydrogen (secondary N) is 1. The molecule has 0 spiro atoms. The Morgan fingerprint density at radius 3 is 2.46 bits per heavy atom. The summed E-state index contributed by atoms with van der Waals surface area (Å²) in [6.07, 6.45) is 0. The topological polar surface area (TPSA) is 50.8 Å². The van der Waals surface area contributed by atoms with Crippen molar-refractivity contribution in [3.8, 4) is 5.75 Å². The first kappa shape index (κ1) is 20.4. The molecule has 5 nitrogen and oxygen atoms in total. The van der Waals surface area contributed by atoms with Gasteiger partial charge in [0.15, 0.2) is 6.61 Å². The fourth-order valence-corrected chi connectivity index (χ4v) is 3.35. The minimum absolute atomic E-state index is 0.0201. The summed E-state index contributed by atoms with van der Waals surface area (Å²) in [4.78, 5) is 14.7. The highest BCUT2D eigenvalue weighted by molar-refractivity contribution is 5.77. The van der Waals surface area contributed by atoms with Crippen LogP contribution >= 0.6 is 0 Å². The molecule has 0 aromatic heterocycles. The van der Waals surface area contributed by atoms with Crippen LogP contribution < -0.4 is 10.1 Å². The number of ether oxygens (including phenoxy) is 2. The summed E-state index contributed by atoms with van der Waals surface area (Å²) in [5.74, 6) is 0.616. The van der Waals surface area contributed by atoms with Gasteiger partial charge >= 0.3 is 0 Å². The van der Waals surface area contributed by atoms with Gasteiger partial charge in [0, 0.05) is 19.6 Å². The van der Waals surface area contributed by atoms with Crippen molar-refractivity contribution in [2.75, 3.05) is 39.5 Å². The quantitative estimate of drug-likeness (QED) is 0.799. The molecule has 3 rings (SSSR count). The second kappa shape index (κ2) is 9.71. The van der Waals surface area contributed by atoms with E-state index >= 15 is 0 Å². The van der Waals surface area contributed by atoms with Crippen LogP contribution in [0.25, 0.3) is 0 Å². The highest BCUT2D eigenvalue weighted by Gasteiger charge is 2.23. The third-order valence-corrected chi connectivity index (χ3v) is 5.29. The maximum absolute atomic E-state index is 12.4. The number of aryl methyl sites for hydroxylation is 3. The molecule has 0 aliphatic carbocycles. The van der Waals surface area contributed by atoms with Crippen LogP contribution in [0.2, 0.25) is 0 Å². The average Bonchev–Trinajstić information content (AvgIpc) is 2.71. The molecule has 1 aliphatic rings. The van der Waals surface area contributed by atoms with E-state index in [4.69, 9.17) is 9.47 Å². The van der Waals surface area contributed by atoms with Crippen LogP contribution in [-0.2, 0) is 9.53 Å². The molecule has 1 saturated heterocycles. The van der Waals surface area contributed by atoms with Gasteiger partial charge in [0.1, 0.15) is 5.75 Å². The number of morpholine rings is 1. The standard InChI is InChI=1S/C23H30N2O3/c1-17-4-7-20(8-5-17)22(25-10-12-27-13-11-25)15-24-23(26)16-28-21-9-6-18(2)19(3)14-21/h4-9,14,22H,10-13,15-16H2,1-3H3,(H,24,26)/t22-/m1/s1. The van der Waals surface area contributed by atoms with Crippen molar-refractivity contribution >= 4 is 5.91 Å². The summed E-state index contributed by atoms with van der Waals surface area (Å²) < 4.78 is 11.1. The second-order valence-electron chi connectivity index (χ2n) is 7.41. The molecule has 0 saturated carbocycles. The van der Waals surface area contributed by atoms with Crippen molar-refractivity contribution in [1.82, 2.24) is 10.2 Å². The SMILES string of the molecule is Cc1ccc([C@@H](CNC(=O)COc2ccc(C)c(C)c2)N2CCOCC2)cc1. The van der Waals surface area contributed by atoms with E-state index in [0.29, 0.717) is 6.54 Å². The fraction of sp³-hybridized carbons (Fsp3) is 0.435. The molecule has 0 unspecified atom stereocenters. The van der Waals surface area contributed by atoms with Gasteiger partial charge in [-0.3, -0.25) is 9.69 Å². The zero-order valence-electron chi connectivity index (χ0n) is 17.0. The number of carbonyl (C=O) groups excluding carboxylic acids is 1. The van der Waals surface area contributed by atoms with Crippen LogP contribution in [0.5, 0.6) is 5.75 Å². The van der Waals surface area contributed by atoms with Gasteiger partial charge in [-0.15, -0.1) is 0 Å². The maximum Gasteiger partial charge on any atom is 0.258 e. The van der Waals surface area contributed by atoms with Crippen LogP contribution in [0.4, 0.5) is 0 Å². The Morgan fingerprint density at radius 1 is 1.07 bits per heavy atom. The van der Waals surface area contributed by atoms with Gasteiger partial charge < -0.3 is 14.8 Å². The zero-order valence-corrected chi connectivity index (χ0v) is 17.0. The molecule has 1 amide bonds. The van der Waals surface area contributed by atoms with Crippen LogP contribution in [0.3, 0.4) is 0 Å². The van der Waals surface area contributed by atoms with Crippen molar-refractivity contribution in [2.45, 2.75) is 26.8 Å². The van der Waals surface area contributed by atoms with Gasteiger partial charge in [-0.05, 0) is 49.6 Å². The van der Waals surface area contributed by atoms with Crippen LogP contribution in [0.15, 0.2) is 42.5 Å². The minimum Gasteiger partial charge on any atom is -0.484 e. The Kier molecular flexibility index (Phi) is 7.06. The smallest absolute Gasteiger partial charge is 0.258 e. The Bertz CT molecular complexity index is 783. The van der Waals surface area contributed by atoms with E-state index in [1.165, 1.54) is 16.7 Å². The summed E-state index contributed by atoms with van der Waals surface area (Å²) in [7, 11) is 0. The van der Waals surface area contributed by atoms with Crippen molar-refractivity contribution in [3.63, 3.8) is 0 Å². The van der Waals surface area contributed by atoms with Crippen molar-refractivity contribution in [3.05, 3.63) is 64.7 Å². The molecule has 0 radical (unpaired) electrons. The monoisotopic (exact) mass is 382 g/mol. The first-order valence-corrected chi connectivity index (χ1v) is 9.88. The summed E-state index contributed by atoms with van der Waals surface area (Å²) in [6.45, 7) is 9.95. The second-order valence-corrected chi connectivity index (χ2v) is 7.41. The predicted octanol–water partition coefficient (Wildman–Crippen LogP) is 3.18. The van der Waals surface area contributed by atoms with E-state index < -0.39 is 0 Å². The molecule has 1 atom stereocenters. The highest BCUT2D eigenvalue weighted by Crippen LogP contribution is 2.22. The predicted molar refractivity (Wildman–Crippen MR) is 111 cm³/mol. The van der Waals surface area contributed by atoms with E-state index in [1.807, 2.05) is 25.1 Å². The van der Waals surface area contributed by atoms with Gasteiger partial charge in [0.05, 0.1) is 19.3 Å². The molecule has 5 heteroatoms. The highest BCUT2D eigenvalue weighted by atomic mass is 16.5. The summed E-state index contributed by atoms with van der Waals surface area (Å²) in [5, 5.41) is 3.04. The number of hydrogen-bond acceptors (Lipinski definition) is 4. The number of benzene rings is 2. The molecule has 1 N–H and O–H groups in total. The van der Waals surface area contributed by atoms with Crippen LogP contribution in [0.1, 0.15) is 28.3 Å². The first-order valence-electron chi connectivity index (χ1n) is 9.88. The molecule has 1 fully saturated rings. The lowest BCUT2D eigenvalue weighted by Gasteiger charge is -2.35. The van der Waals surface area contributed by atoms with E-state index in [-0.39, 0.29) is 18.6 Å². The van der Waals surface area contributed by atoms with E-state index in [0.717, 1.165) is 37.6 Å². The Morgan fingerprint density at radius 2 is 1.79 bits per heavy atom. The molecule has 2 aromatic carbocycles. The summed E-state index contributed by atoms with van der Waals surface area (Å²) >= 11 is 0. The van der Waals surface area contributed by atoms with Gasteiger partial charge in [0.2, 0.25) is 0 Å². The van der Waals surface area contributed by atoms with Gasteiger partial charge in [-0.2, -0.15) is 0 Å². The Labute approximate surface area is 167 Å². The van der Waals surface area contributed by atoms with Gasteiger partial charge in [-0.25, -0.2) is 0 Å². The van der Waals surface area contributed by atoms with Crippen LogP contribution in [0, 0.1) is 20.8 Å². The molecule has 28 heavy (non-hydrogen) atoms. The molecule has 150 valence electrons. The van der Waals surface area contributed by atoms with Crippen molar-refractivity contribution in [1.29, 1.82) is 0 Å². The Balaban J connectivity index is 1.58. The minimum atomic E-state index is -0.108. The number of amides is 1. The number of carbonyl (C=O) groups is 1. The third-order valence-electron chi connectivity index (χ3n) is 5.29. The maximum atomic E-state index is 12.4. The summed E-state index contributed by atoms with van der Waals surface area (Å²) in [5.41, 5.74) is 4.81. The molecule has 0 bridgehead atoms. The van der Waals surface area contributed by atoms with E-state index in [2.05, 4.69) is 48.3 Å². The van der Waals surface area contributed by atoms with Gasteiger partial charge in [0.25, 0.3) is 5.91 Å². The molecule has 1 heterocycles. The largest absolute Gasteiger partial charge is 0.484 e. The Hall–Kier alpha value is -2.37. The molecule has 2 aromatic rings. The van der Waals surface area contributed by atoms with Crippen LogP contribution in [-0.4, -0.2) is 50.3 Å². The zero-order chi connectivity index (χ0) is 19.9. The lowest BCUT2D eigenvalue weighted by Crippen LogP contribution is -2.44.